The molecule has 0 radical (unpaired) electrons. The van der Waals surface area contributed by atoms with Gasteiger partial charge in [-0.15, -0.1) is 0 Å². The molecule has 1 aromatic rings. The fourth-order valence-corrected chi connectivity index (χ4v) is 6.28. The van der Waals surface area contributed by atoms with Crippen LogP contribution in [0.3, 0.4) is 0 Å². The van der Waals surface area contributed by atoms with E-state index in [2.05, 4.69) is 37.5 Å². The van der Waals surface area contributed by atoms with Gasteiger partial charge in [-0.1, -0.05) is 18.2 Å². The summed E-state index contributed by atoms with van der Waals surface area (Å²) in [7, 11) is 4.12. The number of hydrogen-bond acceptors (Lipinski definition) is 3. The number of aldehydes is 1. The number of allylic oxidation sites excluding steroid dienone is 2. The molecule has 130 valence electrons. The summed E-state index contributed by atoms with van der Waals surface area (Å²) >= 11 is 0. The number of fused-ring (bicyclic) bond motifs is 2. The van der Waals surface area contributed by atoms with Crippen LogP contribution in [0.2, 0.25) is 0 Å². The van der Waals surface area contributed by atoms with Gasteiger partial charge in [-0.25, -0.2) is 0 Å². The van der Waals surface area contributed by atoms with E-state index in [1.807, 2.05) is 6.07 Å². The summed E-state index contributed by atoms with van der Waals surface area (Å²) < 4.78 is 6.71. The van der Waals surface area contributed by atoms with Crippen LogP contribution in [0.5, 0.6) is 5.75 Å². The average Bonchev–Trinajstić information content (AvgIpc) is 3.14. The predicted octanol–water partition coefficient (Wildman–Crippen LogP) is 3.01. The molecule has 0 amide bonds. The molecule has 1 N–H and O–H groups in total. The van der Waals surface area contributed by atoms with Crippen molar-refractivity contribution < 1.29 is 14.0 Å². The highest BCUT2D eigenvalue weighted by atomic mass is 16.5. The summed E-state index contributed by atoms with van der Waals surface area (Å²) in [4.78, 5) is 12.2. The van der Waals surface area contributed by atoms with Gasteiger partial charge in [-0.05, 0) is 24.1 Å². The lowest BCUT2D eigenvalue weighted by molar-refractivity contribution is -0.923. The Morgan fingerprint density at radius 2 is 2.24 bits per heavy atom. The van der Waals surface area contributed by atoms with E-state index in [4.69, 9.17) is 4.74 Å². The SMILES string of the molecule is C/C=C1\C[N+]2(C)CC[C@@]34C(=C(C=O)[C@H]1C[C@H]32)Nc1c(OC)cccc14. The van der Waals surface area contributed by atoms with Crippen molar-refractivity contribution in [2.45, 2.75) is 31.2 Å². The first-order valence-electron chi connectivity index (χ1n) is 9.22. The molecule has 4 heteroatoms. The summed E-state index contributed by atoms with van der Waals surface area (Å²) in [5, 5.41) is 3.65. The molecule has 2 bridgehead atoms. The van der Waals surface area contributed by atoms with Crippen LogP contribution in [0.25, 0.3) is 0 Å². The van der Waals surface area contributed by atoms with Crippen LogP contribution < -0.4 is 10.1 Å². The second-order valence-corrected chi connectivity index (χ2v) is 8.21. The molecule has 1 spiro atoms. The highest BCUT2D eigenvalue weighted by Gasteiger charge is 2.67. The smallest absolute Gasteiger partial charge is 0.148 e. The predicted molar refractivity (Wildman–Crippen MR) is 97.6 cm³/mol. The van der Waals surface area contributed by atoms with E-state index in [1.54, 1.807) is 7.11 Å². The van der Waals surface area contributed by atoms with Crippen LogP contribution in [0, 0.1) is 5.92 Å². The van der Waals surface area contributed by atoms with Crippen LogP contribution >= 0.6 is 0 Å². The topological polar surface area (TPSA) is 38.3 Å². The zero-order valence-electron chi connectivity index (χ0n) is 15.1. The number of quaternary nitrogens is 1. The highest BCUT2D eigenvalue weighted by molar-refractivity contribution is 5.86. The van der Waals surface area contributed by atoms with Gasteiger partial charge in [-0.3, -0.25) is 4.79 Å². The molecule has 4 atom stereocenters. The Balaban J connectivity index is 1.84. The number of benzene rings is 1. The lowest BCUT2D eigenvalue weighted by Crippen LogP contribution is -2.61. The summed E-state index contributed by atoms with van der Waals surface area (Å²) in [6.45, 7) is 4.34. The normalized spacial score (nSPS) is 39.1. The second-order valence-electron chi connectivity index (χ2n) is 8.21. The summed E-state index contributed by atoms with van der Waals surface area (Å²) in [6.07, 6.45) is 5.52. The van der Waals surface area contributed by atoms with Crippen molar-refractivity contribution in [3.8, 4) is 5.75 Å². The monoisotopic (exact) mass is 337 g/mol. The number of para-hydroxylation sites is 1. The molecule has 0 saturated carbocycles. The first kappa shape index (κ1) is 15.2. The van der Waals surface area contributed by atoms with Crippen molar-refractivity contribution in [1.82, 2.24) is 0 Å². The highest BCUT2D eigenvalue weighted by Crippen LogP contribution is 2.63. The number of methoxy groups -OCH3 is 1. The third-order valence-electron chi connectivity index (χ3n) is 7.37. The van der Waals surface area contributed by atoms with Crippen LogP contribution in [0.4, 0.5) is 5.69 Å². The second kappa shape index (κ2) is 4.76. The molecule has 25 heavy (non-hydrogen) atoms. The molecule has 1 aliphatic carbocycles. The summed E-state index contributed by atoms with van der Waals surface area (Å²) in [5.74, 6) is 1.15. The number of ether oxygens (including phenoxy) is 1. The number of nitrogens with zero attached hydrogens (tertiary/aromatic N) is 1. The van der Waals surface area contributed by atoms with Crippen molar-refractivity contribution in [3.05, 3.63) is 46.7 Å². The Kier molecular flexibility index (Phi) is 2.89. The van der Waals surface area contributed by atoms with Crippen LogP contribution in [-0.4, -0.2) is 44.1 Å². The number of rotatable bonds is 2. The molecule has 4 aliphatic rings. The van der Waals surface area contributed by atoms with Crippen LogP contribution in [0.15, 0.2) is 41.1 Å². The molecule has 1 unspecified atom stereocenters. The maximum absolute atomic E-state index is 12.2. The maximum atomic E-state index is 12.2. The zero-order valence-corrected chi connectivity index (χ0v) is 15.1. The van der Waals surface area contributed by atoms with Gasteiger partial charge in [0.1, 0.15) is 24.6 Å². The zero-order chi connectivity index (χ0) is 17.4. The fourth-order valence-electron chi connectivity index (χ4n) is 6.28. The summed E-state index contributed by atoms with van der Waals surface area (Å²) in [5.41, 5.74) is 5.90. The van der Waals surface area contributed by atoms with Gasteiger partial charge in [0.15, 0.2) is 0 Å². The minimum absolute atomic E-state index is 0.0510. The van der Waals surface area contributed by atoms with E-state index < -0.39 is 0 Å². The van der Waals surface area contributed by atoms with E-state index in [1.165, 1.54) is 11.1 Å². The standard InChI is InChI=1S/C21H24N2O2/c1-4-13-11-23(2)9-8-21-16-6-5-7-17(25-3)19(16)22-20(21)15(12-24)14(13)10-18(21)23/h4-7,12,14,18H,8-11H2,1-3H3/p+1/b13-4+/t14-,18+,21-,23?/m0/s1. The van der Waals surface area contributed by atoms with Crippen molar-refractivity contribution in [1.29, 1.82) is 0 Å². The van der Waals surface area contributed by atoms with Gasteiger partial charge in [0.05, 0.1) is 31.8 Å². The Bertz CT molecular complexity index is 855. The Hall–Kier alpha value is -2.07. The third kappa shape index (κ3) is 1.59. The van der Waals surface area contributed by atoms with Gasteiger partial charge in [0.25, 0.3) is 0 Å². The number of anilines is 1. The fraction of sp³-hybridized carbons (Fsp3) is 0.476. The van der Waals surface area contributed by atoms with Crippen LogP contribution in [0.1, 0.15) is 25.3 Å². The van der Waals surface area contributed by atoms with Gasteiger partial charge < -0.3 is 14.5 Å². The quantitative estimate of drug-likeness (QED) is 0.512. The molecule has 2 fully saturated rings. The molecule has 4 nitrogen and oxygen atoms in total. The third-order valence-corrected chi connectivity index (χ3v) is 7.37. The number of carbonyl (C=O) groups excluding carboxylic acids is 1. The molecule has 3 aliphatic heterocycles. The Morgan fingerprint density at radius 1 is 1.40 bits per heavy atom. The molecule has 2 saturated heterocycles. The van der Waals surface area contributed by atoms with Crippen molar-refractivity contribution in [2.75, 3.05) is 32.6 Å². The number of hydrogen-bond donors (Lipinski definition) is 1. The number of nitrogens with one attached hydrogen (secondary N) is 1. The van der Waals surface area contributed by atoms with E-state index in [-0.39, 0.29) is 11.3 Å². The Morgan fingerprint density at radius 3 is 2.96 bits per heavy atom. The average molecular weight is 337 g/mol. The molecule has 3 heterocycles. The van der Waals surface area contributed by atoms with Crippen molar-refractivity contribution in [3.63, 3.8) is 0 Å². The van der Waals surface area contributed by atoms with Crippen molar-refractivity contribution >= 4 is 12.0 Å². The van der Waals surface area contributed by atoms with E-state index >= 15 is 0 Å². The largest absolute Gasteiger partial charge is 0.495 e. The van der Waals surface area contributed by atoms with Gasteiger partial charge in [-0.2, -0.15) is 0 Å². The first-order valence-corrected chi connectivity index (χ1v) is 9.22. The van der Waals surface area contributed by atoms with Crippen molar-refractivity contribution in [2.24, 2.45) is 5.92 Å². The van der Waals surface area contributed by atoms with E-state index in [9.17, 15) is 4.79 Å². The molecule has 0 aromatic heterocycles. The maximum Gasteiger partial charge on any atom is 0.148 e. The first-order chi connectivity index (χ1) is 12.1. The minimum Gasteiger partial charge on any atom is -0.495 e. The van der Waals surface area contributed by atoms with E-state index in [0.29, 0.717) is 6.04 Å². The Labute approximate surface area is 148 Å². The lowest BCUT2D eigenvalue weighted by Gasteiger charge is -2.51. The number of piperidine rings is 1. The number of carbonyl (C=O) groups is 1. The van der Waals surface area contributed by atoms with E-state index in [0.717, 1.165) is 59.4 Å². The van der Waals surface area contributed by atoms with Gasteiger partial charge in [0.2, 0.25) is 0 Å². The lowest BCUT2D eigenvalue weighted by atomic mass is 9.61. The molecule has 5 rings (SSSR count). The molecular weight excluding hydrogens is 312 g/mol. The van der Waals surface area contributed by atoms with Gasteiger partial charge >= 0.3 is 0 Å². The van der Waals surface area contributed by atoms with Gasteiger partial charge in [0, 0.05) is 30.0 Å². The molecule has 1 aromatic carbocycles. The minimum atomic E-state index is -0.0510. The van der Waals surface area contributed by atoms with Crippen LogP contribution in [-0.2, 0) is 10.2 Å². The summed E-state index contributed by atoms with van der Waals surface area (Å²) in [6, 6.07) is 6.86. The molecular formula is C21H25N2O2+. The number of likely N-dealkylation sites (N-methyl/N-ethyl adjacent to an activating group) is 1.